The van der Waals surface area contributed by atoms with Crippen molar-refractivity contribution in [1.29, 1.82) is 0 Å². The molecule has 2 aromatic carbocycles. The molecule has 0 fully saturated rings. The Labute approximate surface area is 187 Å². The second-order valence-electron chi connectivity index (χ2n) is 6.60. The standard InChI is InChI=1S/C20H18N4O6S2/c1-12-9-18(23-30-12)22-19(25)11-31-20-21-16-10-15(7-8-17(16)29-20)32(26,27)24-13-3-5-14(28-2)6-4-13/h3-10,24H,11H2,1-2H3,(H,22,23,25). The van der Waals surface area contributed by atoms with Gasteiger partial charge in [-0.05, 0) is 49.4 Å². The molecule has 1 amide bonds. The van der Waals surface area contributed by atoms with E-state index in [-0.39, 0.29) is 21.8 Å². The Hall–Kier alpha value is -3.51. The van der Waals surface area contributed by atoms with Gasteiger partial charge in [-0.2, -0.15) is 0 Å². The van der Waals surface area contributed by atoms with Crippen LogP contribution in [-0.4, -0.2) is 37.3 Å². The molecule has 0 unspecified atom stereocenters. The molecule has 0 saturated carbocycles. The van der Waals surface area contributed by atoms with Crippen LogP contribution in [0.3, 0.4) is 0 Å². The maximum absolute atomic E-state index is 12.7. The fraction of sp³-hybridized carbons (Fsp3) is 0.150. The third-order valence-electron chi connectivity index (χ3n) is 4.21. The maximum atomic E-state index is 12.7. The molecule has 0 atom stereocenters. The predicted molar refractivity (Wildman–Crippen MR) is 118 cm³/mol. The SMILES string of the molecule is COc1ccc(NS(=O)(=O)c2ccc3oc(SCC(=O)Nc4cc(C)on4)nc3c2)cc1. The third-order valence-corrected chi connectivity index (χ3v) is 6.42. The minimum Gasteiger partial charge on any atom is -0.497 e. The molecule has 2 heterocycles. The monoisotopic (exact) mass is 474 g/mol. The van der Waals surface area contributed by atoms with Crippen LogP contribution in [0.2, 0.25) is 0 Å². The summed E-state index contributed by atoms with van der Waals surface area (Å²) in [5.74, 6) is 1.25. The van der Waals surface area contributed by atoms with Gasteiger partial charge < -0.3 is 19.0 Å². The van der Waals surface area contributed by atoms with Crippen LogP contribution in [0.15, 0.2) is 67.6 Å². The average Bonchev–Trinajstić information content (AvgIpc) is 3.37. The van der Waals surface area contributed by atoms with E-state index in [1.54, 1.807) is 37.3 Å². The van der Waals surface area contributed by atoms with Crippen molar-refractivity contribution in [2.45, 2.75) is 17.0 Å². The average molecular weight is 475 g/mol. The number of aromatic nitrogens is 2. The third kappa shape index (κ3) is 5.03. The molecule has 0 aliphatic rings. The zero-order chi connectivity index (χ0) is 22.7. The number of carbonyl (C=O) groups excluding carboxylic acids is 1. The van der Waals surface area contributed by atoms with E-state index in [0.717, 1.165) is 11.8 Å². The molecule has 4 aromatic rings. The lowest BCUT2D eigenvalue weighted by Crippen LogP contribution is -2.14. The minimum atomic E-state index is -3.83. The summed E-state index contributed by atoms with van der Waals surface area (Å²) in [6.45, 7) is 1.72. The van der Waals surface area contributed by atoms with Crippen LogP contribution < -0.4 is 14.8 Å². The molecule has 166 valence electrons. The highest BCUT2D eigenvalue weighted by Gasteiger charge is 2.17. The van der Waals surface area contributed by atoms with Crippen molar-refractivity contribution in [2.24, 2.45) is 0 Å². The van der Waals surface area contributed by atoms with E-state index < -0.39 is 10.0 Å². The lowest BCUT2D eigenvalue weighted by atomic mass is 10.3. The molecule has 2 N–H and O–H groups in total. The lowest BCUT2D eigenvalue weighted by molar-refractivity contribution is -0.113. The molecule has 0 radical (unpaired) electrons. The van der Waals surface area contributed by atoms with Gasteiger partial charge in [0.05, 0.1) is 17.8 Å². The number of fused-ring (bicyclic) bond motifs is 1. The van der Waals surface area contributed by atoms with Crippen LogP contribution in [0.4, 0.5) is 11.5 Å². The summed E-state index contributed by atoms with van der Waals surface area (Å²) in [5, 5.41) is 6.53. The number of thioether (sulfide) groups is 1. The molecule has 0 aliphatic heterocycles. The highest BCUT2D eigenvalue weighted by atomic mass is 32.2. The molecule has 32 heavy (non-hydrogen) atoms. The number of ether oxygens (including phenoxy) is 1. The number of oxazole rings is 1. The number of aryl methyl sites for hydroxylation is 1. The Bertz CT molecular complexity index is 1360. The maximum Gasteiger partial charge on any atom is 0.261 e. The summed E-state index contributed by atoms with van der Waals surface area (Å²) in [5.41, 5.74) is 1.16. The van der Waals surface area contributed by atoms with Gasteiger partial charge in [0.15, 0.2) is 11.4 Å². The predicted octanol–water partition coefficient (Wildman–Crippen LogP) is 3.66. The number of nitrogens with zero attached hydrogens (tertiary/aromatic N) is 2. The highest BCUT2D eigenvalue weighted by Crippen LogP contribution is 2.27. The Morgan fingerprint density at radius 3 is 2.62 bits per heavy atom. The van der Waals surface area contributed by atoms with Gasteiger partial charge in [-0.25, -0.2) is 13.4 Å². The first-order valence-electron chi connectivity index (χ1n) is 9.26. The summed E-state index contributed by atoms with van der Waals surface area (Å²) < 4.78 is 43.5. The zero-order valence-electron chi connectivity index (χ0n) is 17.0. The minimum absolute atomic E-state index is 0.0307. The molecule has 10 nitrogen and oxygen atoms in total. The van der Waals surface area contributed by atoms with Crippen LogP contribution in [0.5, 0.6) is 5.75 Å². The molecular weight excluding hydrogens is 456 g/mol. The van der Waals surface area contributed by atoms with Gasteiger partial charge in [0.1, 0.15) is 17.0 Å². The highest BCUT2D eigenvalue weighted by molar-refractivity contribution is 7.99. The van der Waals surface area contributed by atoms with E-state index >= 15 is 0 Å². The summed E-state index contributed by atoms with van der Waals surface area (Å²) in [7, 11) is -2.30. The van der Waals surface area contributed by atoms with Gasteiger partial charge in [-0.15, -0.1) is 0 Å². The normalized spacial score (nSPS) is 11.4. The molecule has 0 spiro atoms. The van der Waals surface area contributed by atoms with Crippen LogP contribution in [-0.2, 0) is 14.8 Å². The Morgan fingerprint density at radius 1 is 1.16 bits per heavy atom. The number of amides is 1. The number of benzene rings is 2. The van der Waals surface area contributed by atoms with Gasteiger partial charge in [-0.3, -0.25) is 9.52 Å². The number of sulfonamides is 1. The second-order valence-corrected chi connectivity index (χ2v) is 9.21. The molecule has 2 aromatic heterocycles. The van der Waals surface area contributed by atoms with Crippen LogP contribution in [0.1, 0.15) is 5.76 Å². The number of hydrogen-bond donors (Lipinski definition) is 2. The molecule has 0 aliphatic carbocycles. The number of anilines is 2. The van der Waals surface area contributed by atoms with Crippen molar-refractivity contribution in [2.75, 3.05) is 22.9 Å². The summed E-state index contributed by atoms with van der Waals surface area (Å²) in [6.07, 6.45) is 0. The summed E-state index contributed by atoms with van der Waals surface area (Å²) >= 11 is 1.07. The van der Waals surface area contributed by atoms with Gasteiger partial charge in [-0.1, -0.05) is 16.9 Å². The zero-order valence-corrected chi connectivity index (χ0v) is 18.6. The topological polar surface area (TPSA) is 137 Å². The van der Waals surface area contributed by atoms with Crippen molar-refractivity contribution >= 4 is 50.3 Å². The molecular formula is C20H18N4O6S2. The first kappa shape index (κ1) is 21.7. The van der Waals surface area contributed by atoms with Crippen LogP contribution in [0, 0.1) is 6.92 Å². The van der Waals surface area contributed by atoms with E-state index in [4.69, 9.17) is 13.7 Å². The number of rotatable bonds is 8. The van der Waals surface area contributed by atoms with Crippen molar-refractivity contribution in [3.8, 4) is 5.75 Å². The quantitative estimate of drug-likeness (QED) is 0.366. The van der Waals surface area contributed by atoms with E-state index in [2.05, 4.69) is 20.2 Å². The number of hydrogen-bond acceptors (Lipinski definition) is 9. The van der Waals surface area contributed by atoms with Crippen molar-refractivity contribution in [3.63, 3.8) is 0 Å². The molecule has 0 bridgehead atoms. The van der Waals surface area contributed by atoms with Gasteiger partial charge in [0.2, 0.25) is 5.91 Å². The van der Waals surface area contributed by atoms with Crippen molar-refractivity contribution < 1.29 is 26.9 Å². The fourth-order valence-electron chi connectivity index (χ4n) is 2.72. The number of methoxy groups -OCH3 is 1. The largest absolute Gasteiger partial charge is 0.497 e. The van der Waals surface area contributed by atoms with Crippen LogP contribution in [0.25, 0.3) is 11.1 Å². The number of carbonyl (C=O) groups is 1. The Balaban J connectivity index is 1.44. The molecule has 4 rings (SSSR count). The van der Waals surface area contributed by atoms with E-state index in [1.165, 1.54) is 25.3 Å². The lowest BCUT2D eigenvalue weighted by Gasteiger charge is -2.08. The fourth-order valence-corrected chi connectivity index (χ4v) is 4.44. The van der Waals surface area contributed by atoms with Crippen LogP contribution >= 0.6 is 11.8 Å². The molecule has 0 saturated heterocycles. The van der Waals surface area contributed by atoms with Gasteiger partial charge in [0, 0.05) is 11.8 Å². The summed E-state index contributed by atoms with van der Waals surface area (Å²) in [4.78, 5) is 16.3. The van der Waals surface area contributed by atoms with Gasteiger partial charge in [0.25, 0.3) is 15.2 Å². The molecule has 12 heteroatoms. The van der Waals surface area contributed by atoms with E-state index in [9.17, 15) is 13.2 Å². The first-order valence-corrected chi connectivity index (χ1v) is 11.7. The first-order chi connectivity index (χ1) is 15.3. The van der Waals surface area contributed by atoms with Gasteiger partial charge >= 0.3 is 0 Å². The summed E-state index contributed by atoms with van der Waals surface area (Å²) in [6, 6.07) is 12.5. The van der Waals surface area contributed by atoms with E-state index in [1.807, 2.05) is 0 Å². The second kappa shape index (κ2) is 8.93. The van der Waals surface area contributed by atoms with E-state index in [0.29, 0.717) is 34.1 Å². The number of nitrogens with one attached hydrogen (secondary N) is 2. The van der Waals surface area contributed by atoms with Crippen molar-refractivity contribution in [3.05, 3.63) is 54.3 Å². The smallest absolute Gasteiger partial charge is 0.261 e. The Kier molecular flexibility index (Phi) is 6.06. The Morgan fingerprint density at radius 2 is 1.94 bits per heavy atom. The van der Waals surface area contributed by atoms with Crippen molar-refractivity contribution in [1.82, 2.24) is 10.1 Å².